The SMILES string of the molecule is O=C(CCO)CCC(=O)CCS. The summed E-state index contributed by atoms with van der Waals surface area (Å²) in [7, 11) is 0. The summed E-state index contributed by atoms with van der Waals surface area (Å²) in [5, 5.41) is 8.39. The van der Waals surface area contributed by atoms with E-state index < -0.39 is 0 Å². The molecule has 0 atom stereocenters. The Hall–Kier alpha value is -0.350. The van der Waals surface area contributed by atoms with Gasteiger partial charge < -0.3 is 5.11 Å². The van der Waals surface area contributed by atoms with Crippen molar-refractivity contribution in [3.05, 3.63) is 0 Å². The van der Waals surface area contributed by atoms with Gasteiger partial charge in [-0.1, -0.05) is 0 Å². The first-order valence-corrected chi connectivity index (χ1v) is 4.59. The summed E-state index contributed by atoms with van der Waals surface area (Å²) in [6.45, 7) is -0.125. The van der Waals surface area contributed by atoms with E-state index in [0.29, 0.717) is 18.6 Å². The Morgan fingerprint density at radius 3 is 1.92 bits per heavy atom. The van der Waals surface area contributed by atoms with Gasteiger partial charge in [0.2, 0.25) is 0 Å². The minimum atomic E-state index is -0.125. The van der Waals surface area contributed by atoms with Gasteiger partial charge in [0.1, 0.15) is 11.6 Å². The molecule has 0 aromatic heterocycles. The monoisotopic (exact) mass is 190 g/mol. The van der Waals surface area contributed by atoms with Crippen molar-refractivity contribution >= 4 is 24.2 Å². The molecule has 0 rings (SSSR count). The van der Waals surface area contributed by atoms with Gasteiger partial charge in [0.15, 0.2) is 0 Å². The molecule has 0 spiro atoms. The van der Waals surface area contributed by atoms with E-state index in [1.54, 1.807) is 0 Å². The summed E-state index contributed by atoms with van der Waals surface area (Å²) < 4.78 is 0. The third-order valence-electron chi connectivity index (χ3n) is 1.46. The number of aliphatic hydroxyl groups is 1. The third kappa shape index (κ3) is 6.37. The maximum atomic E-state index is 10.9. The number of thiol groups is 1. The third-order valence-corrected chi connectivity index (χ3v) is 1.69. The van der Waals surface area contributed by atoms with Gasteiger partial charge in [-0.05, 0) is 5.75 Å². The van der Waals surface area contributed by atoms with Crippen LogP contribution in [0.5, 0.6) is 0 Å². The first-order chi connectivity index (χ1) is 5.70. The summed E-state index contributed by atoms with van der Waals surface area (Å²) >= 11 is 3.90. The average Bonchev–Trinajstić information content (AvgIpc) is 2.02. The van der Waals surface area contributed by atoms with Crippen molar-refractivity contribution in [3.63, 3.8) is 0 Å². The zero-order chi connectivity index (χ0) is 9.40. The Morgan fingerprint density at radius 1 is 1.00 bits per heavy atom. The topological polar surface area (TPSA) is 54.4 Å². The number of carbonyl (C=O) groups is 2. The number of aliphatic hydroxyl groups excluding tert-OH is 1. The maximum absolute atomic E-state index is 10.9. The number of rotatable bonds is 7. The van der Waals surface area contributed by atoms with Crippen molar-refractivity contribution in [2.45, 2.75) is 25.7 Å². The van der Waals surface area contributed by atoms with Crippen LogP contribution >= 0.6 is 12.6 Å². The lowest BCUT2D eigenvalue weighted by Crippen LogP contribution is -2.05. The van der Waals surface area contributed by atoms with Crippen molar-refractivity contribution < 1.29 is 14.7 Å². The van der Waals surface area contributed by atoms with Crippen molar-refractivity contribution in [3.8, 4) is 0 Å². The summed E-state index contributed by atoms with van der Waals surface area (Å²) in [6.07, 6.45) is 1.14. The molecule has 0 saturated carbocycles. The molecule has 3 nitrogen and oxygen atoms in total. The second-order valence-electron chi connectivity index (χ2n) is 2.52. The Morgan fingerprint density at radius 2 is 1.50 bits per heavy atom. The molecule has 0 aliphatic heterocycles. The lowest BCUT2D eigenvalue weighted by molar-refractivity contribution is -0.124. The van der Waals surface area contributed by atoms with Gasteiger partial charge in [-0.3, -0.25) is 9.59 Å². The molecular weight excluding hydrogens is 176 g/mol. The minimum absolute atomic E-state index is 0.0509. The molecule has 0 fully saturated rings. The molecule has 0 aromatic rings. The van der Waals surface area contributed by atoms with Crippen LogP contribution in [-0.4, -0.2) is 29.0 Å². The highest BCUT2D eigenvalue weighted by molar-refractivity contribution is 7.80. The first-order valence-electron chi connectivity index (χ1n) is 3.95. The number of carbonyl (C=O) groups excluding carboxylic acids is 2. The number of ketones is 2. The van der Waals surface area contributed by atoms with E-state index in [2.05, 4.69) is 12.6 Å². The van der Waals surface area contributed by atoms with Gasteiger partial charge >= 0.3 is 0 Å². The molecule has 4 heteroatoms. The highest BCUT2D eigenvalue weighted by Crippen LogP contribution is 1.99. The standard InChI is InChI=1S/C8H14O3S/c9-5-3-7(10)1-2-8(11)4-6-12/h9,12H,1-6H2. The van der Waals surface area contributed by atoms with Crippen LogP contribution in [0.25, 0.3) is 0 Å². The smallest absolute Gasteiger partial charge is 0.135 e. The number of hydrogen-bond acceptors (Lipinski definition) is 4. The Balaban J connectivity index is 3.40. The summed E-state index contributed by atoms with van der Waals surface area (Å²) in [5.41, 5.74) is 0. The summed E-state index contributed by atoms with van der Waals surface area (Å²) in [4.78, 5) is 21.7. The van der Waals surface area contributed by atoms with Crippen molar-refractivity contribution in [2.24, 2.45) is 0 Å². The van der Waals surface area contributed by atoms with E-state index >= 15 is 0 Å². The van der Waals surface area contributed by atoms with Crippen molar-refractivity contribution in [1.82, 2.24) is 0 Å². The molecule has 0 aliphatic carbocycles. The molecule has 0 aliphatic rings. The molecule has 0 saturated heterocycles. The van der Waals surface area contributed by atoms with Crippen LogP contribution in [-0.2, 0) is 9.59 Å². The van der Waals surface area contributed by atoms with E-state index in [4.69, 9.17) is 5.11 Å². The normalized spacial score (nSPS) is 9.83. The lowest BCUT2D eigenvalue weighted by atomic mass is 10.1. The summed E-state index contributed by atoms with van der Waals surface area (Å²) in [5.74, 6) is 0.550. The highest BCUT2D eigenvalue weighted by atomic mass is 32.1. The summed E-state index contributed by atoms with van der Waals surface area (Å²) in [6, 6.07) is 0. The molecule has 1 N–H and O–H groups in total. The average molecular weight is 190 g/mol. The highest BCUT2D eigenvalue weighted by Gasteiger charge is 2.05. The van der Waals surface area contributed by atoms with Crippen LogP contribution < -0.4 is 0 Å². The van der Waals surface area contributed by atoms with Gasteiger partial charge in [-0.15, -0.1) is 0 Å². The maximum Gasteiger partial charge on any atom is 0.135 e. The fourth-order valence-electron chi connectivity index (χ4n) is 0.778. The molecule has 0 unspecified atom stereocenters. The quantitative estimate of drug-likeness (QED) is 0.578. The molecule has 12 heavy (non-hydrogen) atoms. The van der Waals surface area contributed by atoms with Gasteiger partial charge in [0.25, 0.3) is 0 Å². The molecule has 0 heterocycles. The van der Waals surface area contributed by atoms with Crippen LogP contribution in [0.4, 0.5) is 0 Å². The Bertz CT molecular complexity index is 138. The predicted octanol–water partition coefficient (Wildman–Crippen LogP) is 0.607. The fraction of sp³-hybridized carbons (Fsp3) is 0.750. The molecule has 0 radical (unpaired) electrons. The molecule has 0 bridgehead atoms. The minimum Gasteiger partial charge on any atom is -0.396 e. The van der Waals surface area contributed by atoms with Gasteiger partial charge in [0, 0.05) is 32.3 Å². The van der Waals surface area contributed by atoms with E-state index in [1.165, 1.54) is 0 Å². The second kappa shape index (κ2) is 7.31. The van der Waals surface area contributed by atoms with Crippen LogP contribution in [0.1, 0.15) is 25.7 Å². The molecule has 70 valence electrons. The van der Waals surface area contributed by atoms with Crippen LogP contribution in [0.2, 0.25) is 0 Å². The van der Waals surface area contributed by atoms with Crippen LogP contribution in [0.3, 0.4) is 0 Å². The van der Waals surface area contributed by atoms with Gasteiger partial charge in [-0.25, -0.2) is 0 Å². The predicted molar refractivity (Wildman–Crippen MR) is 49.4 cm³/mol. The molecule has 0 aromatic carbocycles. The van der Waals surface area contributed by atoms with E-state index in [9.17, 15) is 9.59 Å². The number of hydrogen-bond donors (Lipinski definition) is 2. The van der Waals surface area contributed by atoms with Crippen LogP contribution in [0, 0.1) is 0 Å². The van der Waals surface area contributed by atoms with Crippen molar-refractivity contribution in [1.29, 1.82) is 0 Å². The zero-order valence-corrected chi connectivity index (χ0v) is 7.85. The Labute approximate surface area is 77.6 Å². The fourth-order valence-corrected chi connectivity index (χ4v) is 1.03. The van der Waals surface area contributed by atoms with Gasteiger partial charge in [0.05, 0.1) is 0 Å². The Kier molecular flexibility index (Phi) is 7.09. The van der Waals surface area contributed by atoms with Crippen LogP contribution in [0.15, 0.2) is 0 Å². The lowest BCUT2D eigenvalue weighted by Gasteiger charge is -1.97. The van der Waals surface area contributed by atoms with Crippen molar-refractivity contribution in [2.75, 3.05) is 12.4 Å². The van der Waals surface area contributed by atoms with E-state index in [1.807, 2.05) is 0 Å². The zero-order valence-electron chi connectivity index (χ0n) is 6.95. The van der Waals surface area contributed by atoms with Gasteiger partial charge in [-0.2, -0.15) is 12.6 Å². The molecule has 0 amide bonds. The second-order valence-corrected chi connectivity index (χ2v) is 2.97. The number of Topliss-reactive ketones (excluding diaryl/α,β-unsaturated/α-hetero) is 2. The van der Waals surface area contributed by atoms with E-state index in [0.717, 1.165) is 0 Å². The molecular formula is C8H14O3S. The largest absolute Gasteiger partial charge is 0.396 e. The first kappa shape index (κ1) is 11.6. The van der Waals surface area contributed by atoms with E-state index in [-0.39, 0.29) is 31.0 Å².